The van der Waals surface area contributed by atoms with Gasteiger partial charge in [0.1, 0.15) is 5.82 Å². The van der Waals surface area contributed by atoms with Gasteiger partial charge in [0, 0.05) is 33.2 Å². The van der Waals surface area contributed by atoms with Gasteiger partial charge in [-0.25, -0.2) is 12.8 Å². The maximum absolute atomic E-state index is 13.1. The van der Waals surface area contributed by atoms with Crippen LogP contribution in [0.4, 0.5) is 4.39 Å². The van der Waals surface area contributed by atoms with Crippen LogP contribution in [0.1, 0.15) is 5.56 Å². The molecule has 0 aliphatic carbocycles. The summed E-state index contributed by atoms with van der Waals surface area (Å²) in [5.74, 6) is 0.151. The van der Waals surface area contributed by atoms with Gasteiger partial charge in [-0.15, -0.1) is 24.0 Å². The molecule has 0 bridgehead atoms. The summed E-state index contributed by atoms with van der Waals surface area (Å²) in [6, 6.07) is 6.25. The van der Waals surface area contributed by atoms with Crippen LogP contribution in [0.5, 0.6) is 0 Å². The predicted molar refractivity (Wildman–Crippen MR) is 106 cm³/mol. The predicted octanol–water partition coefficient (Wildman–Crippen LogP) is 0.771. The fourth-order valence-corrected chi connectivity index (χ4v) is 3.63. The van der Waals surface area contributed by atoms with Gasteiger partial charge in [0.05, 0.1) is 19.0 Å². The van der Waals surface area contributed by atoms with Crippen molar-refractivity contribution in [3.05, 3.63) is 35.6 Å². The Morgan fingerprint density at radius 2 is 2.04 bits per heavy atom. The average molecular weight is 486 g/mol. The number of hydrogen-bond donors (Lipinski definition) is 2. The summed E-state index contributed by atoms with van der Waals surface area (Å²) >= 11 is 0. The van der Waals surface area contributed by atoms with Gasteiger partial charge in [-0.2, -0.15) is 4.31 Å². The zero-order valence-electron chi connectivity index (χ0n) is 14.1. The summed E-state index contributed by atoms with van der Waals surface area (Å²) < 4.78 is 44.1. The highest BCUT2D eigenvalue weighted by Crippen LogP contribution is 2.05. The van der Waals surface area contributed by atoms with E-state index in [1.54, 1.807) is 19.2 Å². The van der Waals surface area contributed by atoms with Crippen molar-refractivity contribution < 1.29 is 17.5 Å². The fourth-order valence-electron chi connectivity index (χ4n) is 2.31. The molecule has 0 spiro atoms. The molecule has 0 amide bonds. The Hall–Kier alpha value is -0.980. The SMILES string of the molecule is CN=C(NCCS(=O)(=O)N1CCOCC1)NCc1cccc(F)c1.I. The van der Waals surface area contributed by atoms with Gasteiger partial charge in [0.15, 0.2) is 5.96 Å². The van der Waals surface area contributed by atoms with E-state index in [4.69, 9.17) is 4.74 Å². The molecular formula is C15H24FIN4O3S. The number of sulfonamides is 1. The number of morpholine rings is 1. The number of rotatable bonds is 6. The summed E-state index contributed by atoms with van der Waals surface area (Å²) in [5, 5.41) is 5.98. The first kappa shape index (κ1) is 22.1. The van der Waals surface area contributed by atoms with Crippen LogP contribution < -0.4 is 10.6 Å². The highest BCUT2D eigenvalue weighted by atomic mass is 127. The first-order valence-corrected chi connectivity index (χ1v) is 9.37. The number of guanidine groups is 1. The molecule has 0 unspecified atom stereocenters. The third kappa shape index (κ3) is 7.42. The standard InChI is InChI=1S/C15H23FN4O3S.HI/c1-17-15(19-12-13-3-2-4-14(16)11-13)18-5-10-24(21,22)20-6-8-23-9-7-20;/h2-4,11H,5-10,12H2,1H3,(H2,17,18,19);1H. The Kier molecular flexibility index (Phi) is 9.61. The summed E-state index contributed by atoms with van der Waals surface area (Å²) in [6.07, 6.45) is 0. The number of hydrogen-bond acceptors (Lipinski definition) is 4. The minimum atomic E-state index is -3.30. The van der Waals surface area contributed by atoms with E-state index in [1.807, 2.05) is 0 Å². The van der Waals surface area contributed by atoms with Gasteiger partial charge in [0.25, 0.3) is 0 Å². The molecule has 2 rings (SSSR count). The number of benzene rings is 1. The van der Waals surface area contributed by atoms with Crippen LogP contribution in [-0.2, 0) is 21.3 Å². The molecule has 1 aliphatic rings. The van der Waals surface area contributed by atoms with Crippen LogP contribution in [0.15, 0.2) is 29.3 Å². The Balaban J connectivity index is 0.00000312. The monoisotopic (exact) mass is 486 g/mol. The van der Waals surface area contributed by atoms with Crippen LogP contribution in [-0.4, -0.2) is 64.3 Å². The third-order valence-corrected chi connectivity index (χ3v) is 5.46. The van der Waals surface area contributed by atoms with E-state index >= 15 is 0 Å². The lowest BCUT2D eigenvalue weighted by molar-refractivity contribution is 0.0730. The molecule has 1 saturated heterocycles. The van der Waals surface area contributed by atoms with Gasteiger partial charge < -0.3 is 15.4 Å². The van der Waals surface area contributed by atoms with Crippen molar-refractivity contribution in [2.24, 2.45) is 4.99 Å². The molecule has 25 heavy (non-hydrogen) atoms. The molecule has 1 aromatic carbocycles. The van der Waals surface area contributed by atoms with Crippen LogP contribution >= 0.6 is 24.0 Å². The summed E-state index contributed by atoms with van der Waals surface area (Å²) in [5.41, 5.74) is 0.777. The van der Waals surface area contributed by atoms with Crippen molar-refractivity contribution in [2.75, 3.05) is 45.6 Å². The molecule has 2 N–H and O–H groups in total. The van der Waals surface area contributed by atoms with E-state index in [0.717, 1.165) is 5.56 Å². The molecule has 1 heterocycles. The number of nitrogens with one attached hydrogen (secondary N) is 2. The Morgan fingerprint density at radius 1 is 1.32 bits per heavy atom. The lowest BCUT2D eigenvalue weighted by atomic mass is 10.2. The molecule has 1 fully saturated rings. The number of ether oxygens (including phenoxy) is 1. The van der Waals surface area contributed by atoms with Gasteiger partial charge >= 0.3 is 0 Å². The van der Waals surface area contributed by atoms with E-state index in [-0.39, 0.29) is 42.1 Å². The second-order valence-electron chi connectivity index (χ2n) is 5.31. The summed E-state index contributed by atoms with van der Waals surface area (Å²) in [6.45, 7) is 2.30. The van der Waals surface area contributed by atoms with Crippen LogP contribution in [0.2, 0.25) is 0 Å². The molecular weight excluding hydrogens is 462 g/mol. The van der Waals surface area contributed by atoms with E-state index in [1.165, 1.54) is 16.4 Å². The summed E-state index contributed by atoms with van der Waals surface area (Å²) in [4.78, 5) is 4.03. The molecule has 0 atom stereocenters. The molecule has 0 radical (unpaired) electrons. The van der Waals surface area contributed by atoms with Gasteiger partial charge in [0.2, 0.25) is 10.0 Å². The largest absolute Gasteiger partial charge is 0.379 e. The lowest BCUT2D eigenvalue weighted by Gasteiger charge is -2.26. The van der Waals surface area contributed by atoms with E-state index in [9.17, 15) is 12.8 Å². The van der Waals surface area contributed by atoms with Crippen LogP contribution in [0.3, 0.4) is 0 Å². The van der Waals surface area contributed by atoms with Gasteiger partial charge in [-0.05, 0) is 17.7 Å². The average Bonchev–Trinajstić information content (AvgIpc) is 2.58. The maximum Gasteiger partial charge on any atom is 0.215 e. The number of aliphatic imine (C=N–C) groups is 1. The van der Waals surface area contributed by atoms with Crippen molar-refractivity contribution >= 4 is 40.0 Å². The molecule has 0 saturated carbocycles. The molecule has 7 nitrogen and oxygen atoms in total. The Bertz CT molecular complexity index is 666. The topological polar surface area (TPSA) is 83.0 Å². The molecule has 1 aliphatic heterocycles. The van der Waals surface area contributed by atoms with Gasteiger partial charge in [-0.1, -0.05) is 12.1 Å². The lowest BCUT2D eigenvalue weighted by Crippen LogP contribution is -2.45. The smallest absolute Gasteiger partial charge is 0.215 e. The molecule has 142 valence electrons. The first-order chi connectivity index (χ1) is 11.5. The van der Waals surface area contributed by atoms with Crippen molar-refractivity contribution in [1.82, 2.24) is 14.9 Å². The molecule has 10 heteroatoms. The van der Waals surface area contributed by atoms with E-state index < -0.39 is 10.0 Å². The quantitative estimate of drug-likeness (QED) is 0.353. The van der Waals surface area contributed by atoms with E-state index in [2.05, 4.69) is 15.6 Å². The van der Waals surface area contributed by atoms with Crippen molar-refractivity contribution in [2.45, 2.75) is 6.54 Å². The zero-order valence-corrected chi connectivity index (χ0v) is 17.2. The second kappa shape index (κ2) is 10.9. The third-order valence-electron chi connectivity index (χ3n) is 3.59. The van der Waals surface area contributed by atoms with Crippen molar-refractivity contribution in [3.63, 3.8) is 0 Å². The summed E-state index contributed by atoms with van der Waals surface area (Å²) in [7, 11) is -1.71. The second-order valence-corrected chi connectivity index (χ2v) is 7.40. The minimum Gasteiger partial charge on any atom is -0.379 e. The Labute approximate surface area is 165 Å². The fraction of sp³-hybridized carbons (Fsp3) is 0.533. The van der Waals surface area contributed by atoms with Crippen molar-refractivity contribution in [3.8, 4) is 0 Å². The number of halogens is 2. The van der Waals surface area contributed by atoms with Crippen LogP contribution in [0, 0.1) is 5.82 Å². The van der Waals surface area contributed by atoms with E-state index in [0.29, 0.717) is 38.8 Å². The number of nitrogens with zero attached hydrogens (tertiary/aromatic N) is 2. The molecule has 0 aromatic heterocycles. The zero-order chi connectivity index (χ0) is 17.4. The normalized spacial score (nSPS) is 16.2. The molecule has 1 aromatic rings. The maximum atomic E-state index is 13.1. The minimum absolute atomic E-state index is 0. The van der Waals surface area contributed by atoms with Crippen molar-refractivity contribution in [1.29, 1.82) is 0 Å². The highest BCUT2D eigenvalue weighted by Gasteiger charge is 2.23. The first-order valence-electron chi connectivity index (χ1n) is 7.76. The Morgan fingerprint density at radius 3 is 2.68 bits per heavy atom. The highest BCUT2D eigenvalue weighted by molar-refractivity contribution is 14.0. The van der Waals surface area contributed by atoms with Gasteiger partial charge in [-0.3, -0.25) is 4.99 Å². The van der Waals surface area contributed by atoms with Crippen LogP contribution in [0.25, 0.3) is 0 Å².